The van der Waals surface area contributed by atoms with Crippen LogP contribution in [0.5, 0.6) is 0 Å². The van der Waals surface area contributed by atoms with Gasteiger partial charge in [0.1, 0.15) is 11.3 Å². The Morgan fingerprint density at radius 3 is 2.72 bits per heavy atom. The maximum absolute atomic E-state index is 13.9. The number of anilines is 1. The van der Waals surface area contributed by atoms with Crippen LogP contribution in [0, 0.1) is 5.82 Å². The van der Waals surface area contributed by atoms with E-state index in [-0.39, 0.29) is 17.5 Å². The zero-order chi connectivity index (χ0) is 19.8. The zero-order valence-electron chi connectivity index (χ0n) is 15.0. The van der Waals surface area contributed by atoms with Crippen LogP contribution in [0.2, 0.25) is 0 Å². The SMILES string of the molecule is O=C(Nc1nnc2c3cc(F)ccc3n(Cc3ccccc3)c2n1)c1ccco1. The fourth-order valence-electron chi connectivity index (χ4n) is 3.28. The first kappa shape index (κ1) is 17.1. The van der Waals surface area contributed by atoms with Crippen molar-refractivity contribution in [2.24, 2.45) is 0 Å². The number of benzene rings is 2. The molecule has 1 N–H and O–H groups in total. The van der Waals surface area contributed by atoms with E-state index in [9.17, 15) is 9.18 Å². The van der Waals surface area contributed by atoms with Gasteiger partial charge in [-0.2, -0.15) is 4.98 Å². The van der Waals surface area contributed by atoms with Crippen molar-refractivity contribution < 1.29 is 13.6 Å². The van der Waals surface area contributed by atoms with E-state index in [0.29, 0.717) is 23.1 Å². The van der Waals surface area contributed by atoms with Crippen molar-refractivity contribution >= 4 is 33.9 Å². The number of carbonyl (C=O) groups is 1. The fourth-order valence-corrected chi connectivity index (χ4v) is 3.28. The first-order valence-electron chi connectivity index (χ1n) is 8.90. The number of nitrogens with zero attached hydrogens (tertiary/aromatic N) is 4. The minimum Gasteiger partial charge on any atom is -0.459 e. The lowest BCUT2D eigenvalue weighted by Crippen LogP contribution is -2.14. The van der Waals surface area contributed by atoms with Gasteiger partial charge >= 0.3 is 0 Å². The Morgan fingerprint density at radius 1 is 1.07 bits per heavy atom. The van der Waals surface area contributed by atoms with Crippen LogP contribution in [-0.4, -0.2) is 25.7 Å². The topological polar surface area (TPSA) is 85.8 Å². The third-order valence-electron chi connectivity index (χ3n) is 4.58. The first-order chi connectivity index (χ1) is 14.2. The maximum atomic E-state index is 13.9. The average molecular weight is 387 g/mol. The van der Waals surface area contributed by atoms with Gasteiger partial charge in [0.05, 0.1) is 11.8 Å². The predicted octanol–water partition coefficient (Wildman–Crippen LogP) is 4.01. The van der Waals surface area contributed by atoms with Gasteiger partial charge in [0.15, 0.2) is 11.4 Å². The van der Waals surface area contributed by atoms with E-state index in [1.807, 2.05) is 34.9 Å². The number of aromatic nitrogens is 4. The Hall–Kier alpha value is -4.07. The van der Waals surface area contributed by atoms with Crippen LogP contribution >= 0.6 is 0 Å². The van der Waals surface area contributed by atoms with E-state index in [2.05, 4.69) is 20.5 Å². The van der Waals surface area contributed by atoms with Gasteiger partial charge in [-0.3, -0.25) is 10.1 Å². The molecule has 0 aliphatic carbocycles. The van der Waals surface area contributed by atoms with Crippen LogP contribution in [0.3, 0.4) is 0 Å². The van der Waals surface area contributed by atoms with Gasteiger partial charge in [0.2, 0.25) is 0 Å². The summed E-state index contributed by atoms with van der Waals surface area (Å²) in [5, 5.41) is 11.4. The summed E-state index contributed by atoms with van der Waals surface area (Å²) in [7, 11) is 0. The number of hydrogen-bond donors (Lipinski definition) is 1. The summed E-state index contributed by atoms with van der Waals surface area (Å²) in [6.45, 7) is 0.511. The third kappa shape index (κ3) is 3.10. The van der Waals surface area contributed by atoms with Gasteiger partial charge < -0.3 is 8.98 Å². The van der Waals surface area contributed by atoms with Crippen molar-refractivity contribution in [2.45, 2.75) is 6.54 Å². The molecule has 5 rings (SSSR count). The molecular formula is C21H14FN5O2. The van der Waals surface area contributed by atoms with E-state index in [4.69, 9.17) is 4.42 Å². The molecule has 29 heavy (non-hydrogen) atoms. The van der Waals surface area contributed by atoms with Crippen LogP contribution in [0.25, 0.3) is 22.1 Å². The number of fused-ring (bicyclic) bond motifs is 3. The van der Waals surface area contributed by atoms with Gasteiger partial charge in [0, 0.05) is 11.9 Å². The number of rotatable bonds is 4. The van der Waals surface area contributed by atoms with Crippen molar-refractivity contribution in [1.29, 1.82) is 0 Å². The van der Waals surface area contributed by atoms with Gasteiger partial charge in [-0.15, -0.1) is 10.2 Å². The van der Waals surface area contributed by atoms with E-state index >= 15 is 0 Å². The Balaban J connectivity index is 1.64. The van der Waals surface area contributed by atoms with Crippen LogP contribution in [-0.2, 0) is 6.54 Å². The van der Waals surface area contributed by atoms with Crippen LogP contribution in [0.4, 0.5) is 10.3 Å². The molecule has 7 nitrogen and oxygen atoms in total. The highest BCUT2D eigenvalue weighted by Crippen LogP contribution is 2.28. The van der Waals surface area contributed by atoms with Crippen LogP contribution in [0.15, 0.2) is 71.3 Å². The second kappa shape index (κ2) is 6.83. The molecule has 0 aliphatic rings. The van der Waals surface area contributed by atoms with Crippen LogP contribution in [0.1, 0.15) is 16.1 Å². The first-order valence-corrected chi connectivity index (χ1v) is 8.90. The Labute approximate surface area is 163 Å². The Kier molecular flexibility index (Phi) is 4.02. The molecule has 1 amide bonds. The lowest BCUT2D eigenvalue weighted by Gasteiger charge is -2.07. The van der Waals surface area contributed by atoms with Crippen molar-refractivity contribution in [3.63, 3.8) is 0 Å². The summed E-state index contributed by atoms with van der Waals surface area (Å²) in [6, 6.07) is 17.5. The van der Waals surface area contributed by atoms with Crippen molar-refractivity contribution in [3.8, 4) is 0 Å². The second-order valence-corrected chi connectivity index (χ2v) is 6.47. The van der Waals surface area contributed by atoms with Gasteiger partial charge in [-0.25, -0.2) is 4.39 Å². The van der Waals surface area contributed by atoms with E-state index in [1.165, 1.54) is 24.5 Å². The summed E-state index contributed by atoms with van der Waals surface area (Å²) < 4.78 is 20.9. The minimum atomic E-state index is -0.479. The summed E-state index contributed by atoms with van der Waals surface area (Å²) >= 11 is 0. The molecule has 3 heterocycles. The number of carbonyl (C=O) groups excluding carboxylic acids is 1. The molecule has 3 aromatic heterocycles. The highest BCUT2D eigenvalue weighted by Gasteiger charge is 2.17. The minimum absolute atomic E-state index is 0.0384. The number of amides is 1. The quantitative estimate of drug-likeness (QED) is 0.504. The second-order valence-electron chi connectivity index (χ2n) is 6.47. The summed E-state index contributed by atoms with van der Waals surface area (Å²) in [5.74, 6) is -0.668. The number of halogens is 1. The number of furan rings is 1. The maximum Gasteiger partial charge on any atom is 0.293 e. The fraction of sp³-hybridized carbons (Fsp3) is 0.0476. The molecule has 0 saturated carbocycles. The van der Waals surface area contributed by atoms with E-state index in [1.54, 1.807) is 12.1 Å². The summed E-state index contributed by atoms with van der Waals surface area (Å²) in [6.07, 6.45) is 1.41. The highest BCUT2D eigenvalue weighted by atomic mass is 19.1. The van der Waals surface area contributed by atoms with Crippen molar-refractivity contribution in [2.75, 3.05) is 5.32 Å². The molecule has 2 aromatic carbocycles. The molecule has 0 saturated heterocycles. The predicted molar refractivity (Wildman–Crippen MR) is 105 cm³/mol. The smallest absolute Gasteiger partial charge is 0.293 e. The van der Waals surface area contributed by atoms with Gasteiger partial charge in [0.25, 0.3) is 11.9 Å². The molecular weight excluding hydrogens is 373 g/mol. The highest BCUT2D eigenvalue weighted by molar-refractivity contribution is 6.05. The van der Waals surface area contributed by atoms with Crippen molar-refractivity contribution in [3.05, 3.63) is 84.1 Å². The lowest BCUT2D eigenvalue weighted by atomic mass is 10.2. The molecule has 0 unspecified atom stereocenters. The molecule has 8 heteroatoms. The zero-order valence-corrected chi connectivity index (χ0v) is 15.0. The normalized spacial score (nSPS) is 11.2. The molecule has 0 fully saturated rings. The Morgan fingerprint density at radius 2 is 1.93 bits per heavy atom. The van der Waals surface area contributed by atoms with Gasteiger partial charge in [-0.1, -0.05) is 30.3 Å². The number of hydrogen-bond acceptors (Lipinski definition) is 5. The molecule has 5 aromatic rings. The summed E-state index contributed by atoms with van der Waals surface area (Å²) in [5.41, 5.74) is 2.79. The largest absolute Gasteiger partial charge is 0.459 e. The standard InChI is InChI=1S/C21H14FN5O2/c22-14-8-9-16-15(11-14)18-19(27(16)12-13-5-2-1-3-6-13)23-21(26-25-18)24-20(28)17-7-4-10-29-17/h1-11H,12H2,(H,23,24,26,28). The van der Waals surface area contributed by atoms with Crippen LogP contribution < -0.4 is 5.32 Å². The van der Waals surface area contributed by atoms with Crippen molar-refractivity contribution in [1.82, 2.24) is 19.7 Å². The molecule has 0 bridgehead atoms. The molecule has 142 valence electrons. The molecule has 0 atom stereocenters. The molecule has 0 radical (unpaired) electrons. The van der Waals surface area contributed by atoms with E-state index < -0.39 is 5.91 Å². The molecule has 0 spiro atoms. The third-order valence-corrected chi connectivity index (χ3v) is 4.58. The lowest BCUT2D eigenvalue weighted by molar-refractivity contribution is 0.0995. The van der Waals surface area contributed by atoms with E-state index in [0.717, 1.165) is 11.1 Å². The Bertz CT molecular complexity index is 1330. The van der Waals surface area contributed by atoms with Gasteiger partial charge in [-0.05, 0) is 35.9 Å². The monoisotopic (exact) mass is 387 g/mol. The average Bonchev–Trinajstić information content (AvgIpc) is 3.36. The molecule has 0 aliphatic heterocycles. The number of nitrogens with one attached hydrogen (secondary N) is 1. The summed E-state index contributed by atoms with van der Waals surface area (Å²) in [4.78, 5) is 16.7.